The summed E-state index contributed by atoms with van der Waals surface area (Å²) in [6.45, 7) is 11.3. The summed E-state index contributed by atoms with van der Waals surface area (Å²) < 4.78 is 6.87. The third-order valence-electron chi connectivity index (χ3n) is 6.34. The SMILES string of the molecule is CC[C@H]1CN(c2c(Cl)nc(C(N)=O)c(=O)n2C)CCN1C1CCN(C(=O)OC(C)(C)C)CC1. The van der Waals surface area contributed by atoms with Gasteiger partial charge in [-0.1, -0.05) is 18.5 Å². The van der Waals surface area contributed by atoms with Crippen LogP contribution in [-0.2, 0) is 11.8 Å². The molecule has 2 aliphatic rings. The molecule has 184 valence electrons. The highest BCUT2D eigenvalue weighted by Gasteiger charge is 2.36. The van der Waals surface area contributed by atoms with E-state index >= 15 is 0 Å². The Bertz CT molecular complexity index is 951. The second-order valence-corrected chi connectivity index (χ2v) is 10.1. The molecule has 1 aromatic rings. The lowest BCUT2D eigenvalue weighted by molar-refractivity contribution is 0.00942. The minimum Gasteiger partial charge on any atom is -0.444 e. The lowest BCUT2D eigenvalue weighted by Gasteiger charge is -2.48. The molecule has 0 spiro atoms. The van der Waals surface area contributed by atoms with Crippen LogP contribution in [0.2, 0.25) is 5.15 Å². The summed E-state index contributed by atoms with van der Waals surface area (Å²) in [4.78, 5) is 46.7. The Labute approximate surface area is 199 Å². The molecule has 2 amide bonds. The standard InChI is InChI=1S/C22H35ClN6O4/c1-6-14-13-28(19-17(23)25-16(18(24)30)20(31)26(19)5)11-12-29(14)15-7-9-27(10-8-15)21(32)33-22(2,3)4/h14-15H,6-13H2,1-5H3,(H2,24,30)/t14-/m0/s1. The molecule has 2 saturated heterocycles. The van der Waals surface area contributed by atoms with Crippen molar-refractivity contribution < 1.29 is 14.3 Å². The van der Waals surface area contributed by atoms with Crippen molar-refractivity contribution in [2.24, 2.45) is 12.8 Å². The summed E-state index contributed by atoms with van der Waals surface area (Å²) in [7, 11) is 1.58. The zero-order chi connectivity index (χ0) is 24.5. The van der Waals surface area contributed by atoms with Gasteiger partial charge >= 0.3 is 6.09 Å². The number of ether oxygens (including phenoxy) is 1. The molecule has 2 N–H and O–H groups in total. The number of nitrogens with zero attached hydrogens (tertiary/aromatic N) is 5. The number of hydrogen-bond donors (Lipinski definition) is 1. The van der Waals surface area contributed by atoms with Gasteiger partial charge in [-0.25, -0.2) is 9.78 Å². The van der Waals surface area contributed by atoms with E-state index in [4.69, 9.17) is 22.1 Å². The maximum Gasteiger partial charge on any atom is 0.410 e. The monoisotopic (exact) mass is 482 g/mol. The van der Waals surface area contributed by atoms with Crippen LogP contribution in [0, 0.1) is 0 Å². The number of piperidine rings is 1. The van der Waals surface area contributed by atoms with Crippen LogP contribution in [0.15, 0.2) is 4.79 Å². The second kappa shape index (κ2) is 9.89. The van der Waals surface area contributed by atoms with Crippen molar-refractivity contribution in [1.29, 1.82) is 0 Å². The number of aromatic nitrogens is 2. The topological polar surface area (TPSA) is 114 Å². The lowest BCUT2D eigenvalue weighted by atomic mass is 9.98. The minimum absolute atomic E-state index is 0.0971. The van der Waals surface area contributed by atoms with Crippen LogP contribution in [-0.4, -0.2) is 81.8 Å². The Hall–Kier alpha value is -2.33. The van der Waals surface area contributed by atoms with Crippen LogP contribution in [0.25, 0.3) is 0 Å². The van der Waals surface area contributed by atoms with Crippen LogP contribution < -0.4 is 16.2 Å². The Morgan fingerprint density at radius 1 is 1.18 bits per heavy atom. The number of primary amides is 1. The molecule has 0 aromatic carbocycles. The molecule has 0 saturated carbocycles. The molecular weight excluding hydrogens is 448 g/mol. The van der Waals surface area contributed by atoms with Gasteiger partial charge in [0.05, 0.1) is 0 Å². The maximum atomic E-state index is 12.5. The van der Waals surface area contributed by atoms with Crippen molar-refractivity contribution in [2.45, 2.75) is 64.6 Å². The summed E-state index contributed by atoms with van der Waals surface area (Å²) >= 11 is 6.37. The second-order valence-electron chi connectivity index (χ2n) is 9.75. The van der Waals surface area contributed by atoms with E-state index in [0.29, 0.717) is 38.0 Å². The van der Waals surface area contributed by atoms with Gasteiger partial charge in [-0.05, 0) is 40.0 Å². The number of halogens is 1. The van der Waals surface area contributed by atoms with E-state index < -0.39 is 17.1 Å². The van der Waals surface area contributed by atoms with Crippen LogP contribution in [0.5, 0.6) is 0 Å². The highest BCUT2D eigenvalue weighted by Crippen LogP contribution is 2.29. The van der Waals surface area contributed by atoms with Crippen LogP contribution in [0.1, 0.15) is 57.4 Å². The number of carbonyl (C=O) groups is 2. The van der Waals surface area contributed by atoms with Gasteiger partial charge in [0, 0.05) is 51.9 Å². The summed E-state index contributed by atoms with van der Waals surface area (Å²) in [5.74, 6) is -0.387. The summed E-state index contributed by atoms with van der Waals surface area (Å²) in [5.41, 5.74) is 3.86. The predicted molar refractivity (Wildman–Crippen MR) is 127 cm³/mol. The number of amides is 2. The average molecular weight is 483 g/mol. The fourth-order valence-electron chi connectivity index (χ4n) is 4.71. The van der Waals surface area contributed by atoms with Gasteiger partial charge in [0.2, 0.25) is 0 Å². The van der Waals surface area contributed by atoms with Gasteiger partial charge in [0.1, 0.15) is 11.4 Å². The maximum absolute atomic E-state index is 12.5. The fourth-order valence-corrected chi connectivity index (χ4v) is 5.04. The lowest BCUT2D eigenvalue weighted by Crippen LogP contribution is -2.59. The quantitative estimate of drug-likeness (QED) is 0.696. The molecule has 0 radical (unpaired) electrons. The average Bonchev–Trinajstić information content (AvgIpc) is 2.75. The van der Waals surface area contributed by atoms with Crippen molar-refractivity contribution in [2.75, 3.05) is 37.6 Å². The van der Waals surface area contributed by atoms with E-state index in [1.54, 1.807) is 11.9 Å². The molecular formula is C22H35ClN6O4. The molecule has 0 aliphatic carbocycles. The van der Waals surface area contributed by atoms with Gasteiger partial charge in [-0.3, -0.25) is 19.1 Å². The molecule has 3 rings (SSSR count). The van der Waals surface area contributed by atoms with Crippen LogP contribution in [0.3, 0.4) is 0 Å². The summed E-state index contributed by atoms with van der Waals surface area (Å²) in [6.07, 6.45) is 2.47. The van der Waals surface area contributed by atoms with E-state index in [2.05, 4.69) is 21.7 Å². The normalized spacial score (nSPS) is 20.7. The number of hydrogen-bond acceptors (Lipinski definition) is 7. The third-order valence-corrected chi connectivity index (χ3v) is 6.59. The highest BCUT2D eigenvalue weighted by molar-refractivity contribution is 6.31. The Morgan fingerprint density at radius 2 is 1.82 bits per heavy atom. The zero-order valence-electron chi connectivity index (χ0n) is 20.1. The number of anilines is 1. The first-order valence-corrected chi connectivity index (χ1v) is 11.9. The Kier molecular flexibility index (Phi) is 7.58. The predicted octanol–water partition coefficient (Wildman–Crippen LogP) is 1.83. The van der Waals surface area contributed by atoms with Gasteiger partial charge in [-0.15, -0.1) is 0 Å². The third kappa shape index (κ3) is 5.60. The van der Waals surface area contributed by atoms with Crippen molar-refractivity contribution in [3.05, 3.63) is 21.2 Å². The Balaban J connectivity index is 1.68. The van der Waals surface area contributed by atoms with E-state index in [9.17, 15) is 14.4 Å². The van der Waals surface area contributed by atoms with Crippen molar-refractivity contribution in [3.63, 3.8) is 0 Å². The molecule has 11 heteroatoms. The molecule has 2 fully saturated rings. The molecule has 10 nitrogen and oxygen atoms in total. The number of likely N-dealkylation sites (tertiary alicyclic amines) is 1. The molecule has 0 bridgehead atoms. The molecule has 2 aliphatic heterocycles. The van der Waals surface area contributed by atoms with E-state index in [-0.39, 0.29) is 23.0 Å². The van der Waals surface area contributed by atoms with E-state index in [1.165, 1.54) is 4.57 Å². The summed E-state index contributed by atoms with van der Waals surface area (Å²) in [5, 5.41) is 0.0971. The number of nitrogens with two attached hydrogens (primary N) is 1. The molecule has 1 atom stereocenters. The van der Waals surface area contributed by atoms with Crippen LogP contribution in [0.4, 0.5) is 10.6 Å². The van der Waals surface area contributed by atoms with Gasteiger partial charge in [0.15, 0.2) is 10.8 Å². The highest BCUT2D eigenvalue weighted by atomic mass is 35.5. The molecule has 1 aromatic heterocycles. The molecule has 3 heterocycles. The van der Waals surface area contributed by atoms with Crippen molar-refractivity contribution >= 4 is 29.4 Å². The molecule has 33 heavy (non-hydrogen) atoms. The first kappa shape index (κ1) is 25.3. The van der Waals surface area contributed by atoms with Gasteiger partial charge in [0.25, 0.3) is 11.5 Å². The minimum atomic E-state index is -0.891. The smallest absolute Gasteiger partial charge is 0.410 e. The largest absolute Gasteiger partial charge is 0.444 e. The van der Waals surface area contributed by atoms with Gasteiger partial charge in [-0.2, -0.15) is 0 Å². The van der Waals surface area contributed by atoms with E-state index in [0.717, 1.165) is 25.8 Å². The van der Waals surface area contributed by atoms with E-state index in [1.807, 2.05) is 20.8 Å². The van der Waals surface area contributed by atoms with Crippen molar-refractivity contribution in [1.82, 2.24) is 19.4 Å². The molecule has 0 unspecified atom stereocenters. The first-order chi connectivity index (χ1) is 15.4. The zero-order valence-corrected chi connectivity index (χ0v) is 20.9. The van der Waals surface area contributed by atoms with Crippen molar-refractivity contribution in [3.8, 4) is 0 Å². The van der Waals surface area contributed by atoms with Gasteiger partial charge < -0.3 is 20.3 Å². The fraction of sp³-hybridized carbons (Fsp3) is 0.727. The summed E-state index contributed by atoms with van der Waals surface area (Å²) in [6, 6.07) is 0.643. The van der Waals surface area contributed by atoms with Crippen LogP contribution >= 0.6 is 11.6 Å². The Morgan fingerprint density at radius 3 is 2.36 bits per heavy atom. The first-order valence-electron chi connectivity index (χ1n) is 11.5. The number of carbonyl (C=O) groups excluding carboxylic acids is 2. The number of rotatable bonds is 4. The number of piperazine rings is 1.